The molecule has 1 heterocycles. The summed E-state index contributed by atoms with van der Waals surface area (Å²) in [6.07, 6.45) is 1.56. The Morgan fingerprint density at radius 3 is 2.44 bits per heavy atom. The maximum Gasteiger partial charge on any atom is 0.363 e. The summed E-state index contributed by atoms with van der Waals surface area (Å²) in [5, 5.41) is 1.63. The molecule has 0 saturated heterocycles. The SMILES string of the molecule is CCOc1cc(/C=C2\N=C(c3ccccc3Cl)OC2=O)cc(Cl)c1OCc1ccc(Cl)c(Cl)c1. The highest BCUT2D eigenvalue weighted by atomic mass is 35.5. The van der Waals surface area contributed by atoms with Gasteiger partial charge in [-0.05, 0) is 60.5 Å². The lowest BCUT2D eigenvalue weighted by Crippen LogP contribution is -2.05. The Labute approximate surface area is 216 Å². The van der Waals surface area contributed by atoms with Crippen LogP contribution in [0.25, 0.3) is 6.08 Å². The molecule has 0 atom stereocenters. The molecule has 0 fully saturated rings. The number of hydrogen-bond donors (Lipinski definition) is 0. The summed E-state index contributed by atoms with van der Waals surface area (Å²) in [6, 6.07) is 15.6. The van der Waals surface area contributed by atoms with Gasteiger partial charge in [-0.1, -0.05) is 64.6 Å². The molecule has 1 aliphatic heterocycles. The van der Waals surface area contributed by atoms with Crippen molar-refractivity contribution < 1.29 is 19.0 Å². The summed E-state index contributed by atoms with van der Waals surface area (Å²) >= 11 is 24.7. The molecule has 34 heavy (non-hydrogen) atoms. The maximum atomic E-state index is 12.4. The Balaban J connectivity index is 1.62. The smallest absolute Gasteiger partial charge is 0.363 e. The molecule has 0 spiro atoms. The molecule has 0 aliphatic carbocycles. The predicted molar refractivity (Wildman–Crippen MR) is 135 cm³/mol. The number of nitrogens with zero attached hydrogens (tertiary/aromatic N) is 1. The Bertz CT molecular complexity index is 1320. The molecule has 0 saturated carbocycles. The van der Waals surface area contributed by atoms with Crippen LogP contribution in [0.2, 0.25) is 20.1 Å². The summed E-state index contributed by atoms with van der Waals surface area (Å²) in [5.74, 6) is 0.332. The Hall–Kier alpha value is -2.70. The average molecular weight is 537 g/mol. The molecular weight excluding hydrogens is 520 g/mol. The summed E-state index contributed by atoms with van der Waals surface area (Å²) < 4.78 is 17.0. The van der Waals surface area contributed by atoms with Crippen molar-refractivity contribution in [3.63, 3.8) is 0 Å². The van der Waals surface area contributed by atoms with Crippen molar-refractivity contribution in [2.24, 2.45) is 4.99 Å². The van der Waals surface area contributed by atoms with Gasteiger partial charge in [0.1, 0.15) is 6.61 Å². The number of esters is 1. The second kappa shape index (κ2) is 10.7. The topological polar surface area (TPSA) is 57.1 Å². The van der Waals surface area contributed by atoms with Gasteiger partial charge in [0.25, 0.3) is 0 Å². The van der Waals surface area contributed by atoms with Crippen LogP contribution in [0.5, 0.6) is 11.5 Å². The van der Waals surface area contributed by atoms with Crippen molar-refractivity contribution in [1.29, 1.82) is 0 Å². The van der Waals surface area contributed by atoms with Crippen LogP contribution < -0.4 is 9.47 Å². The molecule has 9 heteroatoms. The number of benzene rings is 3. The van der Waals surface area contributed by atoms with Gasteiger partial charge in [-0.3, -0.25) is 0 Å². The molecule has 0 radical (unpaired) electrons. The fourth-order valence-corrected chi connectivity index (χ4v) is 3.99. The van der Waals surface area contributed by atoms with E-state index in [1.165, 1.54) is 0 Å². The third-order valence-corrected chi connectivity index (χ3v) is 6.08. The third kappa shape index (κ3) is 5.50. The number of cyclic esters (lactones) is 1. The maximum absolute atomic E-state index is 12.4. The van der Waals surface area contributed by atoms with E-state index in [4.69, 9.17) is 60.6 Å². The van der Waals surface area contributed by atoms with E-state index in [9.17, 15) is 4.79 Å². The lowest BCUT2D eigenvalue weighted by atomic mass is 10.1. The van der Waals surface area contributed by atoms with E-state index in [2.05, 4.69) is 4.99 Å². The second-order valence-electron chi connectivity index (χ2n) is 7.12. The third-order valence-electron chi connectivity index (χ3n) is 4.73. The number of rotatable bonds is 7. The van der Waals surface area contributed by atoms with E-state index < -0.39 is 5.97 Å². The monoisotopic (exact) mass is 535 g/mol. The first-order valence-corrected chi connectivity index (χ1v) is 11.7. The first-order chi connectivity index (χ1) is 16.4. The number of carbonyl (C=O) groups is 1. The Morgan fingerprint density at radius 2 is 1.71 bits per heavy atom. The quantitative estimate of drug-likeness (QED) is 0.230. The summed E-state index contributed by atoms with van der Waals surface area (Å²) in [6.45, 7) is 2.43. The van der Waals surface area contributed by atoms with Crippen LogP contribution in [-0.2, 0) is 16.1 Å². The van der Waals surface area contributed by atoms with E-state index in [0.29, 0.717) is 49.3 Å². The van der Waals surface area contributed by atoms with Crippen LogP contribution in [0.15, 0.2) is 65.3 Å². The van der Waals surface area contributed by atoms with Gasteiger partial charge in [0.15, 0.2) is 17.2 Å². The van der Waals surface area contributed by atoms with Gasteiger partial charge in [-0.25, -0.2) is 9.79 Å². The summed E-state index contributed by atoms with van der Waals surface area (Å²) in [4.78, 5) is 16.7. The molecule has 1 aliphatic rings. The highest BCUT2D eigenvalue weighted by Crippen LogP contribution is 2.38. The highest BCUT2D eigenvalue weighted by Gasteiger charge is 2.26. The number of aliphatic imine (C=N–C) groups is 1. The number of carbonyl (C=O) groups excluding carboxylic acids is 1. The predicted octanol–water partition coefficient (Wildman–Crippen LogP) is 7.62. The van der Waals surface area contributed by atoms with Gasteiger partial charge in [-0.15, -0.1) is 0 Å². The molecule has 0 amide bonds. The summed E-state index contributed by atoms with van der Waals surface area (Å²) in [7, 11) is 0. The zero-order valence-corrected chi connectivity index (χ0v) is 20.8. The van der Waals surface area contributed by atoms with Crippen LogP contribution >= 0.6 is 46.4 Å². The molecule has 3 aromatic carbocycles. The van der Waals surface area contributed by atoms with Crippen LogP contribution in [0.1, 0.15) is 23.6 Å². The fourth-order valence-electron chi connectivity index (χ4n) is 3.18. The van der Waals surface area contributed by atoms with Gasteiger partial charge >= 0.3 is 5.97 Å². The largest absolute Gasteiger partial charge is 0.490 e. The van der Waals surface area contributed by atoms with Crippen molar-refractivity contribution in [2.75, 3.05) is 6.61 Å². The van der Waals surface area contributed by atoms with Gasteiger partial charge < -0.3 is 14.2 Å². The van der Waals surface area contributed by atoms with Gasteiger partial charge in [0, 0.05) is 0 Å². The molecule has 174 valence electrons. The van der Waals surface area contributed by atoms with Crippen LogP contribution in [-0.4, -0.2) is 18.5 Å². The molecule has 4 rings (SSSR count). The minimum Gasteiger partial charge on any atom is -0.490 e. The fraction of sp³-hybridized carbons (Fsp3) is 0.120. The lowest BCUT2D eigenvalue weighted by Gasteiger charge is -2.15. The zero-order valence-electron chi connectivity index (χ0n) is 17.8. The van der Waals surface area contributed by atoms with E-state index in [0.717, 1.165) is 5.56 Å². The minimum absolute atomic E-state index is 0.109. The van der Waals surface area contributed by atoms with Crippen LogP contribution in [0.3, 0.4) is 0 Å². The molecule has 0 bridgehead atoms. The molecule has 3 aromatic rings. The van der Waals surface area contributed by atoms with Gasteiger partial charge in [0.05, 0.1) is 32.3 Å². The second-order valence-corrected chi connectivity index (χ2v) is 8.74. The van der Waals surface area contributed by atoms with E-state index in [1.807, 2.05) is 13.0 Å². The van der Waals surface area contributed by atoms with Crippen molar-refractivity contribution >= 4 is 64.3 Å². The summed E-state index contributed by atoms with van der Waals surface area (Å²) in [5.41, 5.74) is 2.04. The van der Waals surface area contributed by atoms with E-state index in [1.54, 1.807) is 54.6 Å². The van der Waals surface area contributed by atoms with E-state index >= 15 is 0 Å². The molecule has 5 nitrogen and oxygen atoms in total. The molecule has 0 aromatic heterocycles. The zero-order chi connectivity index (χ0) is 24.2. The van der Waals surface area contributed by atoms with Gasteiger partial charge in [-0.2, -0.15) is 0 Å². The standard InChI is InChI=1S/C25H17Cl4NO4/c1-2-32-22-12-15(10-20(29)23(22)33-13-14-7-8-18(27)19(28)9-14)11-21-25(31)34-24(30-21)16-5-3-4-6-17(16)26/h3-12H,2,13H2,1H3/b21-11-. The molecule has 0 unspecified atom stereocenters. The normalized spacial score (nSPS) is 14.2. The average Bonchev–Trinajstić information content (AvgIpc) is 3.16. The van der Waals surface area contributed by atoms with Crippen LogP contribution in [0, 0.1) is 0 Å². The Kier molecular flexibility index (Phi) is 7.69. The molecule has 0 N–H and O–H groups in total. The van der Waals surface area contributed by atoms with Crippen molar-refractivity contribution in [1.82, 2.24) is 0 Å². The first kappa shape index (κ1) is 24.4. The van der Waals surface area contributed by atoms with Crippen LogP contribution in [0.4, 0.5) is 0 Å². The van der Waals surface area contributed by atoms with Gasteiger partial charge in [0.2, 0.25) is 5.90 Å². The number of hydrogen-bond acceptors (Lipinski definition) is 5. The highest BCUT2D eigenvalue weighted by molar-refractivity contribution is 6.42. The lowest BCUT2D eigenvalue weighted by molar-refractivity contribution is -0.129. The Morgan fingerprint density at radius 1 is 0.912 bits per heavy atom. The minimum atomic E-state index is -0.594. The van der Waals surface area contributed by atoms with Crippen molar-refractivity contribution in [3.8, 4) is 11.5 Å². The first-order valence-electron chi connectivity index (χ1n) is 10.2. The molecular formula is C25H17Cl4NO4. The number of halogens is 4. The van der Waals surface area contributed by atoms with E-state index in [-0.39, 0.29) is 18.2 Å². The number of ether oxygens (including phenoxy) is 3. The van der Waals surface area contributed by atoms with Crippen molar-refractivity contribution in [2.45, 2.75) is 13.5 Å². The van der Waals surface area contributed by atoms with Crippen molar-refractivity contribution in [3.05, 3.63) is 97.1 Å².